The van der Waals surface area contributed by atoms with Crippen molar-refractivity contribution in [1.29, 1.82) is 0 Å². The summed E-state index contributed by atoms with van der Waals surface area (Å²) in [7, 11) is 0. The van der Waals surface area contributed by atoms with Gasteiger partial charge in [0.25, 0.3) is 11.8 Å². The van der Waals surface area contributed by atoms with Crippen LogP contribution in [0.5, 0.6) is 0 Å². The molecule has 1 aliphatic carbocycles. The van der Waals surface area contributed by atoms with Gasteiger partial charge in [-0.05, 0) is 19.1 Å². The molecule has 1 aromatic carbocycles. The minimum absolute atomic E-state index is 0.260. The smallest absolute Gasteiger partial charge is 0.329 e. The second-order valence-corrected chi connectivity index (χ2v) is 4.25. The summed E-state index contributed by atoms with van der Waals surface area (Å²) in [6.07, 6.45) is 1.71. The number of fused-ring (bicyclic) bond motifs is 1. The third-order valence-corrected chi connectivity index (χ3v) is 3.00. The van der Waals surface area contributed by atoms with Gasteiger partial charge in [0.2, 0.25) is 0 Å². The lowest BCUT2D eigenvalue weighted by Gasteiger charge is -2.12. The van der Waals surface area contributed by atoms with Crippen molar-refractivity contribution in [2.45, 2.75) is 6.92 Å². The molecule has 0 aromatic heterocycles. The first kappa shape index (κ1) is 10.7. The zero-order chi connectivity index (χ0) is 12.9. The Morgan fingerprint density at radius 2 is 1.67 bits per heavy atom. The Bertz CT molecular complexity index is 582. The van der Waals surface area contributed by atoms with E-state index in [0.29, 0.717) is 5.06 Å². The molecule has 5 nitrogen and oxygen atoms in total. The molecular formula is C13H9NO4. The van der Waals surface area contributed by atoms with Crippen molar-refractivity contribution in [3.8, 4) is 0 Å². The molecule has 5 heteroatoms. The first-order chi connectivity index (χ1) is 8.59. The monoisotopic (exact) mass is 243 g/mol. The van der Waals surface area contributed by atoms with Crippen LogP contribution in [0.3, 0.4) is 0 Å². The molecule has 18 heavy (non-hydrogen) atoms. The van der Waals surface area contributed by atoms with Gasteiger partial charge in [0, 0.05) is 0 Å². The fourth-order valence-electron chi connectivity index (χ4n) is 1.87. The molecule has 0 saturated heterocycles. The van der Waals surface area contributed by atoms with Gasteiger partial charge in [-0.1, -0.05) is 28.8 Å². The van der Waals surface area contributed by atoms with Gasteiger partial charge in [-0.2, -0.15) is 0 Å². The molecule has 0 saturated carbocycles. The minimum Gasteiger partial charge on any atom is -0.329 e. The Morgan fingerprint density at radius 3 is 2.11 bits per heavy atom. The Labute approximate surface area is 103 Å². The summed E-state index contributed by atoms with van der Waals surface area (Å²) in [5, 5.41) is 0.534. The predicted molar refractivity (Wildman–Crippen MR) is 60.3 cm³/mol. The van der Waals surface area contributed by atoms with Crippen LogP contribution in [0.25, 0.3) is 0 Å². The van der Waals surface area contributed by atoms with Gasteiger partial charge >= 0.3 is 5.97 Å². The van der Waals surface area contributed by atoms with E-state index in [0.717, 1.165) is 5.57 Å². The summed E-state index contributed by atoms with van der Waals surface area (Å²) < 4.78 is 0. The lowest BCUT2D eigenvalue weighted by atomic mass is 10.1. The van der Waals surface area contributed by atoms with Crippen molar-refractivity contribution in [3.05, 3.63) is 47.0 Å². The van der Waals surface area contributed by atoms with Crippen LogP contribution in [-0.4, -0.2) is 22.8 Å². The second kappa shape index (κ2) is 3.53. The molecule has 1 aliphatic heterocycles. The maximum atomic E-state index is 11.9. The van der Waals surface area contributed by atoms with Gasteiger partial charge in [0.1, 0.15) is 0 Å². The predicted octanol–water partition coefficient (Wildman–Crippen LogP) is 1.32. The van der Waals surface area contributed by atoms with Gasteiger partial charge < -0.3 is 4.84 Å². The minimum atomic E-state index is -0.595. The molecule has 0 bridgehead atoms. The summed E-state index contributed by atoms with van der Waals surface area (Å²) >= 11 is 0. The molecule has 0 N–H and O–H groups in total. The van der Waals surface area contributed by atoms with E-state index < -0.39 is 23.7 Å². The second-order valence-electron chi connectivity index (χ2n) is 4.25. The maximum absolute atomic E-state index is 11.9. The summed E-state index contributed by atoms with van der Waals surface area (Å²) in [4.78, 5) is 40.2. The molecule has 0 radical (unpaired) electrons. The Hall–Kier alpha value is -2.43. The number of rotatable bonds is 2. The van der Waals surface area contributed by atoms with Crippen LogP contribution in [0.2, 0.25) is 0 Å². The number of nitrogens with zero attached hydrogens (tertiary/aromatic N) is 1. The fourth-order valence-corrected chi connectivity index (χ4v) is 1.87. The quantitative estimate of drug-likeness (QED) is 0.580. The van der Waals surface area contributed by atoms with Crippen LogP contribution in [-0.2, 0) is 9.63 Å². The molecule has 1 unspecified atom stereocenters. The number of benzene rings is 1. The van der Waals surface area contributed by atoms with Gasteiger partial charge in [-0.3, -0.25) is 9.59 Å². The number of amides is 2. The zero-order valence-corrected chi connectivity index (χ0v) is 9.54. The average molecular weight is 243 g/mol. The van der Waals surface area contributed by atoms with E-state index in [1.54, 1.807) is 25.1 Å². The summed E-state index contributed by atoms with van der Waals surface area (Å²) in [5.41, 5.74) is 1.41. The molecule has 2 amide bonds. The summed E-state index contributed by atoms with van der Waals surface area (Å²) in [6.45, 7) is 1.79. The highest BCUT2D eigenvalue weighted by Crippen LogP contribution is 2.30. The third-order valence-electron chi connectivity index (χ3n) is 3.00. The van der Waals surface area contributed by atoms with Crippen LogP contribution < -0.4 is 0 Å². The maximum Gasteiger partial charge on any atom is 0.344 e. The molecule has 90 valence electrons. The summed E-state index contributed by atoms with van der Waals surface area (Å²) in [6, 6.07) is 6.37. The fraction of sp³-hybridized carbons (Fsp3) is 0.154. The highest BCUT2D eigenvalue weighted by atomic mass is 16.7. The molecule has 3 rings (SSSR count). The standard InChI is InChI=1S/C13H9NO4/c1-7-6-10(7)13(17)18-14-11(15)8-4-2-3-5-9(8)12(14)16/h2-6,10H,1H3. The molecular weight excluding hydrogens is 234 g/mol. The number of imide groups is 1. The lowest BCUT2D eigenvalue weighted by Crippen LogP contribution is -2.33. The molecule has 1 heterocycles. The van der Waals surface area contributed by atoms with E-state index in [-0.39, 0.29) is 11.1 Å². The van der Waals surface area contributed by atoms with Crippen LogP contribution in [0, 0.1) is 5.92 Å². The van der Waals surface area contributed by atoms with Crippen LogP contribution in [0.1, 0.15) is 27.6 Å². The number of hydrogen-bond acceptors (Lipinski definition) is 4. The normalized spacial score (nSPS) is 20.6. The number of hydrogen-bond donors (Lipinski definition) is 0. The van der Waals surface area contributed by atoms with E-state index in [2.05, 4.69) is 0 Å². The Kier molecular flexibility index (Phi) is 2.10. The van der Waals surface area contributed by atoms with Gasteiger partial charge in [-0.15, -0.1) is 0 Å². The van der Waals surface area contributed by atoms with E-state index in [4.69, 9.17) is 4.84 Å². The average Bonchev–Trinajstić information content (AvgIpc) is 3.06. The lowest BCUT2D eigenvalue weighted by molar-refractivity contribution is -0.169. The highest BCUT2D eigenvalue weighted by Gasteiger charge is 2.41. The van der Waals surface area contributed by atoms with Gasteiger partial charge in [-0.25, -0.2) is 4.79 Å². The molecule has 0 fully saturated rings. The van der Waals surface area contributed by atoms with Crippen molar-refractivity contribution in [1.82, 2.24) is 5.06 Å². The van der Waals surface area contributed by atoms with Gasteiger partial charge in [0.15, 0.2) is 0 Å². The SMILES string of the molecule is CC1=CC1C(=O)ON1C(=O)c2ccccc2C1=O. The molecule has 0 spiro atoms. The molecule has 1 atom stereocenters. The number of carbonyl (C=O) groups excluding carboxylic acids is 3. The zero-order valence-electron chi connectivity index (χ0n) is 9.54. The Balaban J connectivity index is 1.82. The highest BCUT2D eigenvalue weighted by molar-refractivity contribution is 6.20. The van der Waals surface area contributed by atoms with Crippen LogP contribution >= 0.6 is 0 Å². The van der Waals surface area contributed by atoms with Crippen molar-refractivity contribution in [3.63, 3.8) is 0 Å². The largest absolute Gasteiger partial charge is 0.344 e. The number of hydroxylamine groups is 2. The Morgan fingerprint density at radius 1 is 1.17 bits per heavy atom. The van der Waals surface area contributed by atoms with Crippen molar-refractivity contribution >= 4 is 17.8 Å². The topological polar surface area (TPSA) is 63.7 Å². The summed E-state index contributed by atoms with van der Waals surface area (Å²) in [5.74, 6) is -2.18. The third kappa shape index (κ3) is 1.44. The first-order valence-electron chi connectivity index (χ1n) is 5.47. The van der Waals surface area contributed by atoms with Crippen LogP contribution in [0.4, 0.5) is 0 Å². The van der Waals surface area contributed by atoms with E-state index in [9.17, 15) is 14.4 Å². The van der Waals surface area contributed by atoms with E-state index >= 15 is 0 Å². The van der Waals surface area contributed by atoms with Crippen LogP contribution in [0.15, 0.2) is 35.9 Å². The molecule has 1 aromatic rings. The molecule has 2 aliphatic rings. The van der Waals surface area contributed by atoms with Crippen molar-refractivity contribution in [2.24, 2.45) is 5.92 Å². The number of carbonyl (C=O) groups is 3. The van der Waals surface area contributed by atoms with Crippen molar-refractivity contribution in [2.75, 3.05) is 0 Å². The van der Waals surface area contributed by atoms with E-state index in [1.165, 1.54) is 12.1 Å². The van der Waals surface area contributed by atoms with Gasteiger partial charge in [0.05, 0.1) is 17.0 Å². The van der Waals surface area contributed by atoms with Crippen molar-refractivity contribution < 1.29 is 19.2 Å². The first-order valence-corrected chi connectivity index (χ1v) is 5.47. The van der Waals surface area contributed by atoms with E-state index in [1.807, 2.05) is 0 Å².